The van der Waals surface area contributed by atoms with Crippen molar-refractivity contribution in [2.24, 2.45) is 0 Å². The van der Waals surface area contributed by atoms with Gasteiger partial charge in [-0.1, -0.05) is 48.5 Å². The van der Waals surface area contributed by atoms with E-state index in [1.165, 1.54) is 10.5 Å². The van der Waals surface area contributed by atoms with Crippen LogP contribution in [0, 0.1) is 0 Å². The smallest absolute Gasteiger partial charge is 0.251 e. The highest BCUT2D eigenvalue weighted by atomic mass is 32.2. The SMILES string of the molecule is COc1ccccc1CNC(=O)c1ccc(CSc2ccccc2)cc1. The van der Waals surface area contributed by atoms with E-state index in [0.29, 0.717) is 12.1 Å². The first-order valence-corrected chi connectivity index (χ1v) is 9.41. The lowest BCUT2D eigenvalue weighted by Gasteiger charge is -2.10. The Morgan fingerprint density at radius 3 is 2.35 bits per heavy atom. The average Bonchev–Trinajstić information content (AvgIpc) is 2.72. The Balaban J connectivity index is 1.55. The second kappa shape index (κ2) is 9.11. The van der Waals surface area contributed by atoms with Crippen molar-refractivity contribution in [2.75, 3.05) is 7.11 Å². The van der Waals surface area contributed by atoms with Crippen molar-refractivity contribution in [3.8, 4) is 5.75 Å². The summed E-state index contributed by atoms with van der Waals surface area (Å²) < 4.78 is 5.31. The zero-order valence-corrected chi connectivity index (χ0v) is 15.5. The van der Waals surface area contributed by atoms with E-state index in [2.05, 4.69) is 17.4 Å². The van der Waals surface area contributed by atoms with Gasteiger partial charge in [0.25, 0.3) is 5.91 Å². The first-order chi connectivity index (χ1) is 12.8. The van der Waals surface area contributed by atoms with Gasteiger partial charge in [0, 0.05) is 28.3 Å². The van der Waals surface area contributed by atoms with Gasteiger partial charge in [0.1, 0.15) is 5.75 Å². The number of hydrogen-bond acceptors (Lipinski definition) is 3. The lowest BCUT2D eigenvalue weighted by molar-refractivity contribution is 0.0950. The molecule has 0 aliphatic heterocycles. The quantitative estimate of drug-likeness (QED) is 0.606. The summed E-state index contributed by atoms with van der Waals surface area (Å²) in [4.78, 5) is 13.6. The summed E-state index contributed by atoms with van der Waals surface area (Å²) in [6.45, 7) is 0.439. The number of amides is 1. The number of para-hydroxylation sites is 1. The minimum absolute atomic E-state index is 0.0850. The zero-order valence-electron chi connectivity index (χ0n) is 14.6. The standard InChI is InChI=1S/C22H21NO2S/c1-25-21-10-6-5-7-19(21)15-23-22(24)18-13-11-17(12-14-18)16-26-20-8-3-2-4-9-20/h2-14H,15-16H2,1H3,(H,23,24). The molecule has 0 fully saturated rings. The molecule has 0 unspecified atom stereocenters. The van der Waals surface area contributed by atoms with Crippen molar-refractivity contribution < 1.29 is 9.53 Å². The molecule has 0 aliphatic rings. The Morgan fingerprint density at radius 1 is 0.923 bits per heavy atom. The van der Waals surface area contributed by atoms with Gasteiger partial charge < -0.3 is 10.1 Å². The van der Waals surface area contributed by atoms with Gasteiger partial charge in [-0.05, 0) is 35.9 Å². The maximum absolute atomic E-state index is 12.4. The number of ether oxygens (including phenoxy) is 1. The van der Waals surface area contributed by atoms with Crippen LogP contribution >= 0.6 is 11.8 Å². The molecule has 0 radical (unpaired) electrons. The van der Waals surface area contributed by atoms with Crippen LogP contribution in [0.5, 0.6) is 5.75 Å². The van der Waals surface area contributed by atoms with Crippen LogP contribution in [0.2, 0.25) is 0 Å². The molecule has 0 heterocycles. The summed E-state index contributed by atoms with van der Waals surface area (Å²) in [5.74, 6) is 1.58. The summed E-state index contributed by atoms with van der Waals surface area (Å²) in [5.41, 5.74) is 2.81. The molecule has 0 aromatic heterocycles. The fourth-order valence-corrected chi connectivity index (χ4v) is 3.44. The zero-order chi connectivity index (χ0) is 18.2. The van der Waals surface area contributed by atoms with Crippen LogP contribution < -0.4 is 10.1 Å². The maximum atomic E-state index is 12.4. The van der Waals surface area contributed by atoms with Crippen molar-refractivity contribution >= 4 is 17.7 Å². The third-order valence-electron chi connectivity index (χ3n) is 4.00. The third-order valence-corrected chi connectivity index (χ3v) is 5.08. The second-order valence-corrected chi connectivity index (χ2v) is 6.84. The number of rotatable bonds is 7. The fraction of sp³-hybridized carbons (Fsp3) is 0.136. The molecule has 0 saturated carbocycles. The summed E-state index contributed by atoms with van der Waals surface area (Å²) in [6, 6.07) is 25.7. The normalized spacial score (nSPS) is 10.3. The molecule has 1 N–H and O–H groups in total. The molecule has 3 rings (SSSR count). The van der Waals surface area contributed by atoms with Gasteiger partial charge >= 0.3 is 0 Å². The predicted molar refractivity (Wildman–Crippen MR) is 107 cm³/mol. The summed E-state index contributed by atoms with van der Waals surface area (Å²) in [5, 5.41) is 2.94. The molecule has 3 aromatic rings. The lowest BCUT2D eigenvalue weighted by atomic mass is 10.1. The minimum atomic E-state index is -0.0850. The van der Waals surface area contributed by atoms with Gasteiger partial charge in [0.15, 0.2) is 0 Å². The number of hydrogen-bond donors (Lipinski definition) is 1. The van der Waals surface area contributed by atoms with E-state index in [1.807, 2.05) is 66.7 Å². The van der Waals surface area contributed by atoms with Gasteiger partial charge in [-0.3, -0.25) is 4.79 Å². The Labute approximate surface area is 158 Å². The van der Waals surface area contributed by atoms with Crippen LogP contribution in [0.15, 0.2) is 83.8 Å². The summed E-state index contributed by atoms with van der Waals surface area (Å²) >= 11 is 1.78. The molecule has 3 nitrogen and oxygen atoms in total. The second-order valence-electron chi connectivity index (χ2n) is 5.79. The molecular weight excluding hydrogens is 342 g/mol. The molecular formula is C22H21NO2S. The van der Waals surface area contributed by atoms with Crippen molar-refractivity contribution in [2.45, 2.75) is 17.2 Å². The predicted octanol–water partition coefficient (Wildman–Crippen LogP) is 4.92. The van der Waals surface area contributed by atoms with E-state index in [-0.39, 0.29) is 5.91 Å². The highest BCUT2D eigenvalue weighted by Crippen LogP contribution is 2.22. The first kappa shape index (κ1) is 18.1. The van der Waals surface area contributed by atoms with Crippen LogP contribution in [-0.2, 0) is 12.3 Å². The highest BCUT2D eigenvalue weighted by molar-refractivity contribution is 7.98. The molecule has 4 heteroatoms. The van der Waals surface area contributed by atoms with E-state index in [1.54, 1.807) is 18.9 Å². The van der Waals surface area contributed by atoms with Gasteiger partial charge in [0.2, 0.25) is 0 Å². The van der Waals surface area contributed by atoms with Gasteiger partial charge in [-0.25, -0.2) is 0 Å². The van der Waals surface area contributed by atoms with Gasteiger partial charge in [0.05, 0.1) is 7.11 Å². The molecule has 0 spiro atoms. The van der Waals surface area contributed by atoms with Crippen molar-refractivity contribution in [3.63, 3.8) is 0 Å². The van der Waals surface area contributed by atoms with Crippen LogP contribution in [0.1, 0.15) is 21.5 Å². The molecule has 0 aliphatic carbocycles. The average molecular weight is 363 g/mol. The highest BCUT2D eigenvalue weighted by Gasteiger charge is 2.07. The summed E-state index contributed by atoms with van der Waals surface area (Å²) in [7, 11) is 1.63. The summed E-state index contributed by atoms with van der Waals surface area (Å²) in [6.07, 6.45) is 0. The van der Waals surface area contributed by atoms with Gasteiger partial charge in [-0.2, -0.15) is 0 Å². The number of benzene rings is 3. The maximum Gasteiger partial charge on any atom is 0.251 e. The number of thioether (sulfide) groups is 1. The Hall–Kier alpha value is -2.72. The third kappa shape index (κ3) is 4.90. The molecule has 0 saturated heterocycles. The molecule has 132 valence electrons. The molecule has 0 atom stereocenters. The van der Waals surface area contributed by atoms with E-state index in [9.17, 15) is 4.79 Å². The lowest BCUT2D eigenvalue weighted by Crippen LogP contribution is -2.23. The minimum Gasteiger partial charge on any atom is -0.496 e. The molecule has 3 aromatic carbocycles. The first-order valence-electron chi connectivity index (χ1n) is 8.43. The Morgan fingerprint density at radius 2 is 1.62 bits per heavy atom. The van der Waals surface area contributed by atoms with E-state index < -0.39 is 0 Å². The van der Waals surface area contributed by atoms with Gasteiger partial charge in [-0.15, -0.1) is 11.8 Å². The van der Waals surface area contributed by atoms with Crippen molar-refractivity contribution in [1.29, 1.82) is 0 Å². The topological polar surface area (TPSA) is 38.3 Å². The molecule has 1 amide bonds. The van der Waals surface area contributed by atoms with E-state index in [0.717, 1.165) is 17.1 Å². The van der Waals surface area contributed by atoms with E-state index in [4.69, 9.17) is 4.74 Å². The number of carbonyl (C=O) groups excluding carboxylic acids is 1. The van der Waals surface area contributed by atoms with Crippen molar-refractivity contribution in [1.82, 2.24) is 5.32 Å². The number of carbonyl (C=O) groups is 1. The van der Waals surface area contributed by atoms with E-state index >= 15 is 0 Å². The molecule has 26 heavy (non-hydrogen) atoms. The number of nitrogens with one attached hydrogen (secondary N) is 1. The van der Waals surface area contributed by atoms with Crippen LogP contribution in [0.4, 0.5) is 0 Å². The van der Waals surface area contributed by atoms with Crippen LogP contribution in [0.3, 0.4) is 0 Å². The monoisotopic (exact) mass is 363 g/mol. The number of methoxy groups -OCH3 is 1. The Kier molecular flexibility index (Phi) is 6.34. The molecule has 0 bridgehead atoms. The Bertz CT molecular complexity index is 848. The van der Waals surface area contributed by atoms with Crippen molar-refractivity contribution in [3.05, 3.63) is 95.6 Å². The van der Waals surface area contributed by atoms with Crippen LogP contribution in [-0.4, -0.2) is 13.0 Å². The van der Waals surface area contributed by atoms with Crippen LogP contribution in [0.25, 0.3) is 0 Å². The largest absolute Gasteiger partial charge is 0.496 e. The fourth-order valence-electron chi connectivity index (χ4n) is 2.56.